The van der Waals surface area contributed by atoms with Gasteiger partial charge in [-0.15, -0.1) is 0 Å². The zero-order valence-corrected chi connectivity index (χ0v) is 14.0. The normalized spacial score (nSPS) is 14.0. The molecule has 1 heterocycles. The highest BCUT2D eigenvalue weighted by Crippen LogP contribution is 2.26. The van der Waals surface area contributed by atoms with E-state index in [0.717, 1.165) is 5.70 Å². The van der Waals surface area contributed by atoms with Crippen molar-refractivity contribution < 1.29 is 0 Å². The first-order valence-electron chi connectivity index (χ1n) is 7.61. The van der Waals surface area contributed by atoms with E-state index in [1.807, 2.05) is 19.2 Å². The molecule has 0 amide bonds. The standard InChI is InChI=1S/C17H19N.C3H8/c1-5-10-18-12-16(8-7-15(18)4)17-9-6-13(2)11-14(17)3;1-3-2/h5-12H,4H2,1-3H3;3H2,1-2H3/b10-5-;. The van der Waals surface area contributed by atoms with Crippen molar-refractivity contribution in [3.8, 4) is 0 Å². The zero-order valence-electron chi connectivity index (χ0n) is 14.0. The molecular formula is C20H27N. The second kappa shape index (κ2) is 8.31. The molecule has 2 rings (SSSR count). The third-order valence-corrected chi connectivity index (χ3v) is 3.07. The lowest BCUT2D eigenvalue weighted by Gasteiger charge is -2.22. The van der Waals surface area contributed by atoms with E-state index in [9.17, 15) is 0 Å². The summed E-state index contributed by atoms with van der Waals surface area (Å²) in [6, 6.07) is 6.55. The summed E-state index contributed by atoms with van der Waals surface area (Å²) in [6.45, 7) is 14.6. The van der Waals surface area contributed by atoms with Crippen molar-refractivity contribution in [3.05, 3.63) is 77.8 Å². The highest BCUT2D eigenvalue weighted by molar-refractivity contribution is 5.78. The molecule has 0 aliphatic carbocycles. The molecule has 112 valence electrons. The van der Waals surface area contributed by atoms with Crippen LogP contribution in [0.3, 0.4) is 0 Å². The molecule has 0 atom stereocenters. The molecule has 0 saturated carbocycles. The number of benzene rings is 1. The number of nitrogens with zero attached hydrogens (tertiary/aromatic N) is 1. The van der Waals surface area contributed by atoms with Gasteiger partial charge in [-0.2, -0.15) is 0 Å². The van der Waals surface area contributed by atoms with E-state index in [2.05, 4.69) is 75.7 Å². The van der Waals surface area contributed by atoms with Crippen molar-refractivity contribution in [2.45, 2.75) is 41.0 Å². The van der Waals surface area contributed by atoms with Crippen molar-refractivity contribution in [1.82, 2.24) is 4.90 Å². The van der Waals surface area contributed by atoms with Crippen LogP contribution in [-0.4, -0.2) is 4.90 Å². The maximum atomic E-state index is 4.02. The molecule has 0 spiro atoms. The fraction of sp³-hybridized carbons (Fsp3) is 0.300. The van der Waals surface area contributed by atoms with Gasteiger partial charge in [0.05, 0.1) is 0 Å². The third-order valence-electron chi connectivity index (χ3n) is 3.07. The summed E-state index contributed by atoms with van der Waals surface area (Å²) in [4.78, 5) is 2.05. The average Bonchev–Trinajstić information content (AvgIpc) is 2.43. The minimum atomic E-state index is 0.988. The molecule has 1 aromatic carbocycles. The van der Waals surface area contributed by atoms with Gasteiger partial charge in [0, 0.05) is 18.1 Å². The number of allylic oxidation sites excluding steroid dienone is 4. The monoisotopic (exact) mass is 281 g/mol. The second-order valence-electron chi connectivity index (χ2n) is 5.32. The number of aryl methyl sites for hydroxylation is 2. The Bertz CT molecular complexity index is 574. The van der Waals surface area contributed by atoms with Crippen molar-refractivity contribution in [3.63, 3.8) is 0 Å². The molecule has 1 nitrogen and oxygen atoms in total. The molecule has 0 N–H and O–H groups in total. The molecule has 1 aliphatic rings. The number of hydrogen-bond donors (Lipinski definition) is 0. The lowest BCUT2D eigenvalue weighted by molar-refractivity contribution is 0.650. The van der Waals surface area contributed by atoms with E-state index in [1.54, 1.807) is 0 Å². The largest absolute Gasteiger partial charge is 0.324 e. The van der Waals surface area contributed by atoms with Crippen LogP contribution < -0.4 is 0 Å². The van der Waals surface area contributed by atoms with Crippen molar-refractivity contribution in [2.24, 2.45) is 0 Å². The van der Waals surface area contributed by atoms with Crippen LogP contribution in [0.4, 0.5) is 0 Å². The summed E-state index contributed by atoms with van der Waals surface area (Å²) in [5.74, 6) is 0. The topological polar surface area (TPSA) is 3.24 Å². The van der Waals surface area contributed by atoms with Crippen molar-refractivity contribution in [2.75, 3.05) is 0 Å². The lowest BCUT2D eigenvalue weighted by Crippen LogP contribution is -2.10. The first-order valence-corrected chi connectivity index (χ1v) is 7.61. The summed E-state index contributed by atoms with van der Waals surface area (Å²) in [5.41, 5.74) is 6.09. The van der Waals surface area contributed by atoms with Gasteiger partial charge in [0.15, 0.2) is 0 Å². The van der Waals surface area contributed by atoms with Gasteiger partial charge in [-0.3, -0.25) is 0 Å². The van der Waals surface area contributed by atoms with E-state index >= 15 is 0 Å². The van der Waals surface area contributed by atoms with Gasteiger partial charge in [0.1, 0.15) is 0 Å². The van der Waals surface area contributed by atoms with Gasteiger partial charge in [0.2, 0.25) is 0 Å². The Labute approximate surface area is 130 Å². The van der Waals surface area contributed by atoms with E-state index in [0.29, 0.717) is 0 Å². The van der Waals surface area contributed by atoms with E-state index in [4.69, 9.17) is 0 Å². The first-order chi connectivity index (χ1) is 10.0. The summed E-state index contributed by atoms with van der Waals surface area (Å²) in [7, 11) is 0. The number of rotatable bonds is 2. The van der Waals surface area contributed by atoms with Crippen molar-refractivity contribution in [1.29, 1.82) is 0 Å². The Kier molecular flexibility index (Phi) is 6.74. The molecular weight excluding hydrogens is 254 g/mol. The molecule has 0 bridgehead atoms. The Morgan fingerprint density at radius 3 is 2.38 bits per heavy atom. The fourth-order valence-corrected chi connectivity index (χ4v) is 2.14. The van der Waals surface area contributed by atoms with Crippen molar-refractivity contribution >= 4 is 5.57 Å². The molecule has 0 fully saturated rings. The van der Waals surface area contributed by atoms with Crippen LogP contribution >= 0.6 is 0 Å². The number of hydrogen-bond acceptors (Lipinski definition) is 1. The predicted octanol–water partition coefficient (Wildman–Crippen LogP) is 5.98. The van der Waals surface area contributed by atoms with Crippen LogP contribution in [0.5, 0.6) is 0 Å². The minimum absolute atomic E-state index is 0.988. The van der Waals surface area contributed by atoms with Crippen LogP contribution in [0.1, 0.15) is 43.9 Å². The Balaban J connectivity index is 0.000000677. The molecule has 0 saturated heterocycles. The maximum Gasteiger partial charge on any atom is 0.0377 e. The molecule has 0 unspecified atom stereocenters. The van der Waals surface area contributed by atoms with E-state index in [-0.39, 0.29) is 0 Å². The van der Waals surface area contributed by atoms with Crippen LogP contribution in [0.2, 0.25) is 0 Å². The predicted molar refractivity (Wildman–Crippen MR) is 94.8 cm³/mol. The van der Waals surface area contributed by atoms with Crippen LogP contribution in [0, 0.1) is 13.8 Å². The van der Waals surface area contributed by atoms with Gasteiger partial charge in [0.25, 0.3) is 0 Å². The highest BCUT2D eigenvalue weighted by atomic mass is 15.1. The Morgan fingerprint density at radius 2 is 1.81 bits per heavy atom. The minimum Gasteiger partial charge on any atom is -0.324 e. The van der Waals surface area contributed by atoms with Gasteiger partial charge in [-0.1, -0.05) is 62.8 Å². The SMILES string of the molecule is C=C1C=CC(c2ccc(C)cc2C)=CN1/C=C\C.CCC. The average molecular weight is 281 g/mol. The quantitative estimate of drug-likeness (QED) is 0.644. The van der Waals surface area contributed by atoms with Gasteiger partial charge < -0.3 is 4.90 Å². The molecule has 21 heavy (non-hydrogen) atoms. The van der Waals surface area contributed by atoms with Gasteiger partial charge in [-0.05, 0) is 43.5 Å². The molecule has 1 heteroatoms. The lowest BCUT2D eigenvalue weighted by atomic mass is 9.97. The highest BCUT2D eigenvalue weighted by Gasteiger charge is 2.09. The second-order valence-corrected chi connectivity index (χ2v) is 5.32. The third kappa shape index (κ3) is 4.78. The zero-order chi connectivity index (χ0) is 15.8. The smallest absolute Gasteiger partial charge is 0.0377 e. The van der Waals surface area contributed by atoms with Crippen LogP contribution in [-0.2, 0) is 0 Å². The van der Waals surface area contributed by atoms with E-state index in [1.165, 1.54) is 28.7 Å². The van der Waals surface area contributed by atoms with Gasteiger partial charge in [-0.25, -0.2) is 0 Å². The molecule has 1 aromatic rings. The summed E-state index contributed by atoms with van der Waals surface area (Å²) >= 11 is 0. The molecule has 1 aliphatic heterocycles. The van der Waals surface area contributed by atoms with Gasteiger partial charge >= 0.3 is 0 Å². The summed E-state index contributed by atoms with van der Waals surface area (Å²) in [6.07, 6.45) is 11.6. The van der Waals surface area contributed by atoms with Crippen LogP contribution in [0.15, 0.2) is 61.1 Å². The molecule has 0 radical (unpaired) electrons. The maximum absolute atomic E-state index is 4.02. The Hall–Kier alpha value is -2.02. The first kappa shape index (κ1) is 17.0. The van der Waals surface area contributed by atoms with E-state index < -0.39 is 0 Å². The molecule has 0 aromatic heterocycles. The summed E-state index contributed by atoms with van der Waals surface area (Å²) < 4.78 is 0. The Morgan fingerprint density at radius 1 is 1.14 bits per heavy atom. The van der Waals surface area contributed by atoms with Crippen LogP contribution in [0.25, 0.3) is 5.57 Å². The fourth-order valence-electron chi connectivity index (χ4n) is 2.14. The summed E-state index contributed by atoms with van der Waals surface area (Å²) in [5, 5.41) is 0.